The molecule has 2 unspecified atom stereocenters. The molecule has 2 N–H and O–H groups in total. The van der Waals surface area contributed by atoms with E-state index in [9.17, 15) is 16.8 Å². The smallest absolute Gasteiger partial charge is 0.269 e. The van der Waals surface area contributed by atoms with Crippen LogP contribution < -0.4 is 0 Å². The molecule has 0 fully saturated rings. The molecule has 0 aliphatic rings. The van der Waals surface area contributed by atoms with Gasteiger partial charge in [0.25, 0.3) is 20.2 Å². The van der Waals surface area contributed by atoms with Crippen LogP contribution in [-0.4, -0.2) is 36.9 Å². The van der Waals surface area contributed by atoms with E-state index in [4.69, 9.17) is 9.11 Å². The fourth-order valence-electron chi connectivity index (χ4n) is 1.84. The van der Waals surface area contributed by atoms with Crippen molar-refractivity contribution in [3.8, 4) is 0 Å². The van der Waals surface area contributed by atoms with Crippen molar-refractivity contribution in [2.24, 2.45) is 5.92 Å². The third kappa shape index (κ3) is 9.46. The maximum Gasteiger partial charge on any atom is 0.269 e. The highest BCUT2D eigenvalue weighted by Crippen LogP contribution is 2.16. The molecule has 0 radical (unpaired) electrons. The first-order valence-electron chi connectivity index (χ1n) is 6.66. The van der Waals surface area contributed by atoms with Crippen LogP contribution in [0.15, 0.2) is 12.2 Å². The summed E-state index contributed by atoms with van der Waals surface area (Å²) >= 11 is 0. The minimum absolute atomic E-state index is 0.696. The highest BCUT2D eigenvalue weighted by molar-refractivity contribution is 7.90. The molecule has 0 spiro atoms. The molecular weight excluding hydrogens is 304 g/mol. The van der Waals surface area contributed by atoms with Crippen molar-refractivity contribution in [3.63, 3.8) is 0 Å². The maximum absolute atomic E-state index is 11.2. The summed E-state index contributed by atoms with van der Waals surface area (Å²) in [5, 5.41) is -1.55. The van der Waals surface area contributed by atoms with Crippen LogP contribution in [-0.2, 0) is 20.2 Å². The normalized spacial score (nSPS) is 16.4. The lowest BCUT2D eigenvalue weighted by Crippen LogP contribution is -2.34. The highest BCUT2D eigenvalue weighted by Gasteiger charge is 2.32. The van der Waals surface area contributed by atoms with Crippen LogP contribution >= 0.6 is 0 Å². The molecule has 0 rings (SSSR count). The summed E-state index contributed by atoms with van der Waals surface area (Å²) in [4.78, 5) is 0. The van der Waals surface area contributed by atoms with Crippen molar-refractivity contribution in [1.82, 2.24) is 0 Å². The molecule has 120 valence electrons. The number of unbranched alkanes of at least 4 members (excludes halogenated alkanes) is 4. The van der Waals surface area contributed by atoms with Gasteiger partial charge < -0.3 is 0 Å². The summed E-state index contributed by atoms with van der Waals surface area (Å²) in [7, 11) is -9.01. The Morgan fingerprint density at radius 1 is 1.05 bits per heavy atom. The number of rotatable bonds is 10. The summed E-state index contributed by atoms with van der Waals surface area (Å²) in [6, 6.07) is 0. The Morgan fingerprint density at radius 2 is 1.65 bits per heavy atom. The lowest BCUT2D eigenvalue weighted by molar-refractivity contribution is 0.444. The molecule has 8 heteroatoms. The predicted molar refractivity (Wildman–Crippen MR) is 78.8 cm³/mol. The molecule has 0 aromatic heterocycles. The summed E-state index contributed by atoms with van der Waals surface area (Å²) in [5.74, 6) is -1.70. The topological polar surface area (TPSA) is 109 Å². The van der Waals surface area contributed by atoms with Gasteiger partial charge in [-0.15, -0.1) is 0 Å². The fraction of sp³-hybridized carbons (Fsp3) is 0.833. The van der Waals surface area contributed by atoms with Gasteiger partial charge in [0, 0.05) is 0 Å². The fourth-order valence-corrected chi connectivity index (χ4v) is 4.40. The highest BCUT2D eigenvalue weighted by atomic mass is 32.2. The standard InChI is InChI=1S/C12H24O6S2/c1-3-4-5-6-7-8-9-11(2)12(20(16,17)18)10-19(13,14)15/h8-9,11-12H,3-7,10H2,1-2H3,(H,13,14,15)(H,16,17,18)/b9-8+. The molecule has 0 amide bonds. The maximum atomic E-state index is 11.2. The zero-order valence-electron chi connectivity index (χ0n) is 11.9. The first-order chi connectivity index (χ1) is 9.08. The Labute approximate surface area is 121 Å². The van der Waals surface area contributed by atoms with Crippen molar-refractivity contribution in [3.05, 3.63) is 12.2 Å². The lowest BCUT2D eigenvalue weighted by Gasteiger charge is -2.16. The molecule has 0 heterocycles. The SMILES string of the molecule is CCCCCC/C=C/C(C)C(CS(=O)(=O)O)S(=O)(=O)O. The number of hydrogen-bond acceptors (Lipinski definition) is 4. The predicted octanol–water partition coefficient (Wildman–Crippen LogP) is 2.29. The van der Waals surface area contributed by atoms with E-state index < -0.39 is 37.2 Å². The van der Waals surface area contributed by atoms with Gasteiger partial charge in [-0.2, -0.15) is 16.8 Å². The van der Waals surface area contributed by atoms with Crippen molar-refractivity contribution < 1.29 is 25.9 Å². The molecule has 0 aliphatic heterocycles. The van der Waals surface area contributed by atoms with Crippen LogP contribution in [0.2, 0.25) is 0 Å². The van der Waals surface area contributed by atoms with E-state index in [1.54, 1.807) is 12.2 Å². The van der Waals surface area contributed by atoms with Gasteiger partial charge in [-0.3, -0.25) is 9.11 Å². The molecule has 0 bridgehead atoms. The summed E-state index contributed by atoms with van der Waals surface area (Å²) < 4.78 is 61.7. The average Bonchev–Trinajstić information content (AvgIpc) is 2.28. The largest absolute Gasteiger partial charge is 0.286 e. The monoisotopic (exact) mass is 328 g/mol. The Bertz CT molecular complexity index is 492. The Kier molecular flexibility index (Phi) is 8.57. The van der Waals surface area contributed by atoms with Crippen molar-refractivity contribution in [1.29, 1.82) is 0 Å². The van der Waals surface area contributed by atoms with Gasteiger partial charge in [0.1, 0.15) is 5.25 Å². The first-order valence-corrected chi connectivity index (χ1v) is 9.77. The van der Waals surface area contributed by atoms with Gasteiger partial charge in [0.15, 0.2) is 0 Å². The molecule has 0 saturated carbocycles. The van der Waals surface area contributed by atoms with E-state index in [0.717, 1.165) is 32.1 Å². The molecule has 2 atom stereocenters. The molecule has 0 aromatic carbocycles. The van der Waals surface area contributed by atoms with Crippen LogP contribution in [0.5, 0.6) is 0 Å². The van der Waals surface area contributed by atoms with Gasteiger partial charge in [-0.1, -0.05) is 45.3 Å². The van der Waals surface area contributed by atoms with E-state index in [2.05, 4.69) is 6.92 Å². The van der Waals surface area contributed by atoms with Crippen molar-refractivity contribution in [2.45, 2.75) is 51.2 Å². The van der Waals surface area contributed by atoms with E-state index in [1.165, 1.54) is 6.92 Å². The molecule has 0 saturated heterocycles. The molecule has 0 aliphatic carbocycles. The third-order valence-corrected chi connectivity index (χ3v) is 5.36. The second kappa shape index (κ2) is 8.76. The van der Waals surface area contributed by atoms with Gasteiger partial charge in [0.05, 0.1) is 5.75 Å². The first kappa shape index (κ1) is 19.6. The van der Waals surface area contributed by atoms with Crippen LogP contribution in [0.25, 0.3) is 0 Å². The zero-order chi connectivity index (χ0) is 15.8. The minimum atomic E-state index is -4.54. The van der Waals surface area contributed by atoms with Crippen LogP contribution in [0.3, 0.4) is 0 Å². The number of hydrogen-bond donors (Lipinski definition) is 2. The molecule has 0 aromatic rings. The molecular formula is C12H24O6S2. The second-order valence-corrected chi connectivity index (χ2v) is 8.07. The van der Waals surface area contributed by atoms with Crippen molar-refractivity contribution >= 4 is 20.2 Å². The van der Waals surface area contributed by atoms with Gasteiger partial charge >= 0.3 is 0 Å². The molecule has 6 nitrogen and oxygen atoms in total. The van der Waals surface area contributed by atoms with Gasteiger partial charge in [-0.25, -0.2) is 0 Å². The van der Waals surface area contributed by atoms with Crippen molar-refractivity contribution in [2.75, 3.05) is 5.75 Å². The van der Waals surface area contributed by atoms with Crippen LogP contribution in [0.4, 0.5) is 0 Å². The second-order valence-electron chi connectivity index (χ2n) is 4.94. The van der Waals surface area contributed by atoms with Crippen LogP contribution in [0.1, 0.15) is 46.0 Å². The zero-order valence-corrected chi connectivity index (χ0v) is 13.5. The summed E-state index contributed by atoms with van der Waals surface area (Å²) in [6.45, 7) is 3.59. The van der Waals surface area contributed by atoms with E-state index >= 15 is 0 Å². The minimum Gasteiger partial charge on any atom is -0.286 e. The third-order valence-electron chi connectivity index (χ3n) is 3.01. The number of allylic oxidation sites excluding steroid dienone is 2. The quantitative estimate of drug-likeness (QED) is 0.362. The molecule has 20 heavy (non-hydrogen) atoms. The Morgan fingerprint density at radius 3 is 2.10 bits per heavy atom. The summed E-state index contributed by atoms with van der Waals surface area (Å²) in [5.41, 5.74) is 0. The van der Waals surface area contributed by atoms with E-state index in [-0.39, 0.29) is 0 Å². The lowest BCUT2D eigenvalue weighted by atomic mass is 10.1. The summed E-state index contributed by atoms with van der Waals surface area (Å²) in [6.07, 6.45) is 8.44. The van der Waals surface area contributed by atoms with E-state index in [0.29, 0.717) is 0 Å². The average molecular weight is 328 g/mol. The van der Waals surface area contributed by atoms with E-state index in [1.807, 2.05) is 0 Å². The van der Waals surface area contributed by atoms with Crippen LogP contribution in [0, 0.1) is 5.92 Å². The van der Waals surface area contributed by atoms with Gasteiger partial charge in [-0.05, 0) is 18.8 Å². The Hall–Kier alpha value is -0.440. The van der Waals surface area contributed by atoms with Gasteiger partial charge in [0.2, 0.25) is 0 Å². The Balaban J connectivity index is 4.58.